The molecule has 1 aromatic rings. The van der Waals surface area contributed by atoms with Gasteiger partial charge in [-0.15, -0.1) is 0 Å². The number of nitrogens with zero attached hydrogens (tertiary/aromatic N) is 1. The summed E-state index contributed by atoms with van der Waals surface area (Å²) in [6.45, 7) is 2.13. The zero-order valence-electron chi connectivity index (χ0n) is 9.57. The van der Waals surface area contributed by atoms with Gasteiger partial charge in [-0.1, -0.05) is 18.5 Å². The van der Waals surface area contributed by atoms with Gasteiger partial charge in [0.15, 0.2) is 5.82 Å². The Labute approximate surface area is 105 Å². The first-order chi connectivity index (χ1) is 7.80. The SMILES string of the molecule is CCCN(C)S(=O)(=O)c1cc(N)cc(Cl)c1F. The average molecular weight is 281 g/mol. The van der Waals surface area contributed by atoms with E-state index in [-0.39, 0.29) is 10.7 Å². The Bertz CT molecular complexity index is 519. The van der Waals surface area contributed by atoms with Crippen LogP contribution in [0.4, 0.5) is 10.1 Å². The smallest absolute Gasteiger partial charge is 0.245 e. The van der Waals surface area contributed by atoms with Crippen LogP contribution in [-0.2, 0) is 10.0 Å². The number of hydrogen-bond donors (Lipinski definition) is 1. The molecule has 17 heavy (non-hydrogen) atoms. The van der Waals surface area contributed by atoms with E-state index >= 15 is 0 Å². The van der Waals surface area contributed by atoms with Crippen LogP contribution in [0.2, 0.25) is 5.02 Å². The second kappa shape index (κ2) is 5.20. The van der Waals surface area contributed by atoms with E-state index in [0.29, 0.717) is 13.0 Å². The zero-order valence-corrected chi connectivity index (χ0v) is 11.1. The average Bonchev–Trinajstić information content (AvgIpc) is 2.23. The first-order valence-electron chi connectivity index (χ1n) is 5.01. The largest absolute Gasteiger partial charge is 0.399 e. The summed E-state index contributed by atoms with van der Waals surface area (Å²) in [7, 11) is -2.50. The summed E-state index contributed by atoms with van der Waals surface area (Å²) in [6, 6.07) is 2.25. The van der Waals surface area contributed by atoms with Crippen molar-refractivity contribution >= 4 is 27.3 Å². The summed E-state index contributed by atoms with van der Waals surface area (Å²) in [5.74, 6) is -0.969. The predicted molar refractivity (Wildman–Crippen MR) is 65.9 cm³/mol. The fraction of sp³-hybridized carbons (Fsp3) is 0.400. The molecule has 0 saturated carbocycles. The molecule has 0 aromatic heterocycles. The third kappa shape index (κ3) is 2.88. The van der Waals surface area contributed by atoms with Crippen molar-refractivity contribution in [1.29, 1.82) is 0 Å². The van der Waals surface area contributed by atoms with Crippen LogP contribution in [0.3, 0.4) is 0 Å². The van der Waals surface area contributed by atoms with Gasteiger partial charge in [0.25, 0.3) is 0 Å². The molecule has 0 amide bonds. The lowest BCUT2D eigenvalue weighted by atomic mass is 10.3. The van der Waals surface area contributed by atoms with Gasteiger partial charge in [0.1, 0.15) is 4.90 Å². The van der Waals surface area contributed by atoms with Crippen molar-refractivity contribution < 1.29 is 12.8 Å². The Morgan fingerprint density at radius 3 is 2.59 bits per heavy atom. The van der Waals surface area contributed by atoms with Crippen molar-refractivity contribution in [2.45, 2.75) is 18.2 Å². The number of sulfonamides is 1. The molecule has 96 valence electrons. The molecule has 0 spiro atoms. The molecular formula is C10H14ClFN2O2S. The van der Waals surface area contributed by atoms with Crippen LogP contribution in [0.15, 0.2) is 17.0 Å². The first kappa shape index (κ1) is 14.2. The van der Waals surface area contributed by atoms with Crippen LogP contribution in [0.5, 0.6) is 0 Å². The minimum absolute atomic E-state index is 0.111. The van der Waals surface area contributed by atoms with Gasteiger partial charge in [0, 0.05) is 19.3 Å². The van der Waals surface area contributed by atoms with E-state index in [1.54, 1.807) is 0 Å². The maximum absolute atomic E-state index is 13.7. The van der Waals surface area contributed by atoms with Gasteiger partial charge in [0.2, 0.25) is 10.0 Å². The normalized spacial score (nSPS) is 12.1. The van der Waals surface area contributed by atoms with Gasteiger partial charge in [-0.3, -0.25) is 0 Å². The van der Waals surface area contributed by atoms with E-state index in [1.807, 2.05) is 6.92 Å². The van der Waals surface area contributed by atoms with Crippen molar-refractivity contribution in [1.82, 2.24) is 4.31 Å². The monoisotopic (exact) mass is 280 g/mol. The first-order valence-corrected chi connectivity index (χ1v) is 6.83. The van der Waals surface area contributed by atoms with E-state index in [4.69, 9.17) is 17.3 Å². The Morgan fingerprint density at radius 1 is 1.47 bits per heavy atom. The molecule has 0 unspecified atom stereocenters. The van der Waals surface area contributed by atoms with E-state index in [2.05, 4.69) is 0 Å². The maximum atomic E-state index is 13.7. The third-order valence-corrected chi connectivity index (χ3v) is 4.38. The molecule has 0 saturated heterocycles. The highest BCUT2D eigenvalue weighted by molar-refractivity contribution is 7.89. The Balaban J connectivity index is 3.33. The highest BCUT2D eigenvalue weighted by Crippen LogP contribution is 2.27. The molecule has 0 radical (unpaired) electrons. The molecule has 0 aliphatic heterocycles. The molecule has 0 aliphatic rings. The molecule has 4 nitrogen and oxygen atoms in total. The molecule has 0 bridgehead atoms. The molecule has 1 aromatic carbocycles. The fourth-order valence-corrected chi connectivity index (χ4v) is 3.04. The minimum Gasteiger partial charge on any atom is -0.399 e. The highest BCUT2D eigenvalue weighted by Gasteiger charge is 2.25. The second-order valence-corrected chi connectivity index (χ2v) is 6.06. The molecule has 2 N–H and O–H groups in total. The topological polar surface area (TPSA) is 63.4 Å². The van der Waals surface area contributed by atoms with Crippen molar-refractivity contribution in [3.8, 4) is 0 Å². The zero-order chi connectivity index (χ0) is 13.2. The summed E-state index contributed by atoms with van der Waals surface area (Å²) in [5.41, 5.74) is 5.58. The maximum Gasteiger partial charge on any atom is 0.245 e. The number of rotatable bonds is 4. The summed E-state index contributed by atoms with van der Waals surface area (Å²) < 4.78 is 38.8. The van der Waals surface area contributed by atoms with Crippen LogP contribution in [-0.4, -0.2) is 26.3 Å². The van der Waals surface area contributed by atoms with E-state index in [1.165, 1.54) is 13.1 Å². The standard InChI is InChI=1S/C10H14ClFN2O2S/c1-3-4-14(2)17(15,16)9-6-7(13)5-8(11)10(9)12/h5-6H,3-4,13H2,1-2H3. The van der Waals surface area contributed by atoms with Gasteiger partial charge in [0.05, 0.1) is 5.02 Å². The van der Waals surface area contributed by atoms with Crippen LogP contribution < -0.4 is 5.73 Å². The summed E-state index contributed by atoms with van der Waals surface area (Å²) in [4.78, 5) is -0.488. The molecule has 0 aliphatic carbocycles. The lowest BCUT2D eigenvalue weighted by molar-refractivity contribution is 0.462. The second-order valence-electron chi connectivity index (χ2n) is 3.64. The van der Waals surface area contributed by atoms with Gasteiger partial charge >= 0.3 is 0 Å². The number of halogens is 2. The molecule has 0 fully saturated rings. The Morgan fingerprint density at radius 2 is 2.06 bits per heavy atom. The number of anilines is 1. The van der Waals surface area contributed by atoms with Crippen LogP contribution >= 0.6 is 11.6 Å². The lowest BCUT2D eigenvalue weighted by Crippen LogP contribution is -2.28. The summed E-state index contributed by atoms with van der Waals surface area (Å²) >= 11 is 5.57. The number of hydrogen-bond acceptors (Lipinski definition) is 3. The minimum atomic E-state index is -3.88. The van der Waals surface area contributed by atoms with E-state index in [0.717, 1.165) is 10.4 Å². The number of nitrogens with two attached hydrogens (primary N) is 1. The number of benzene rings is 1. The predicted octanol–water partition coefficient (Wildman–Crippen LogP) is 2.09. The van der Waals surface area contributed by atoms with Crippen molar-refractivity contribution in [2.24, 2.45) is 0 Å². The van der Waals surface area contributed by atoms with E-state index in [9.17, 15) is 12.8 Å². The van der Waals surface area contributed by atoms with Crippen LogP contribution in [0.1, 0.15) is 13.3 Å². The van der Waals surface area contributed by atoms with Crippen LogP contribution in [0.25, 0.3) is 0 Å². The molecular weight excluding hydrogens is 267 g/mol. The fourth-order valence-electron chi connectivity index (χ4n) is 1.37. The molecule has 7 heteroatoms. The molecule has 0 heterocycles. The quantitative estimate of drug-likeness (QED) is 0.859. The van der Waals surface area contributed by atoms with Crippen molar-refractivity contribution in [2.75, 3.05) is 19.3 Å². The summed E-state index contributed by atoms with van der Waals surface area (Å²) in [6.07, 6.45) is 0.632. The Hall–Kier alpha value is -0.850. The molecule has 0 atom stereocenters. The third-order valence-electron chi connectivity index (χ3n) is 2.24. The highest BCUT2D eigenvalue weighted by atomic mass is 35.5. The summed E-state index contributed by atoms with van der Waals surface area (Å²) in [5, 5.41) is -0.298. The lowest BCUT2D eigenvalue weighted by Gasteiger charge is -2.17. The number of nitrogen functional groups attached to an aromatic ring is 1. The van der Waals surface area contributed by atoms with E-state index < -0.39 is 20.7 Å². The van der Waals surface area contributed by atoms with Gasteiger partial charge in [-0.25, -0.2) is 17.1 Å². The van der Waals surface area contributed by atoms with Crippen LogP contribution in [0, 0.1) is 5.82 Å². The molecule has 1 rings (SSSR count). The van der Waals surface area contributed by atoms with Gasteiger partial charge < -0.3 is 5.73 Å². The van der Waals surface area contributed by atoms with Gasteiger partial charge in [-0.05, 0) is 18.6 Å². The van der Waals surface area contributed by atoms with Gasteiger partial charge in [-0.2, -0.15) is 0 Å². The van der Waals surface area contributed by atoms with Crippen molar-refractivity contribution in [3.05, 3.63) is 23.0 Å². The Kier molecular flexibility index (Phi) is 4.35. The van der Waals surface area contributed by atoms with Crippen molar-refractivity contribution in [3.63, 3.8) is 0 Å².